The van der Waals surface area contributed by atoms with Crippen LogP contribution in [0.5, 0.6) is 0 Å². The number of aromatic nitrogens is 2. The fourth-order valence-electron chi connectivity index (χ4n) is 1.65. The van der Waals surface area contributed by atoms with Gasteiger partial charge in [0.15, 0.2) is 5.69 Å². The molecule has 1 amide bonds. The number of amides is 1. The van der Waals surface area contributed by atoms with Gasteiger partial charge in [-0.25, -0.2) is 0 Å². The predicted molar refractivity (Wildman–Crippen MR) is 51.9 cm³/mol. The normalized spacial score (nSPS) is 15.1. The molecular formula is C8H10N4O4. The molecule has 1 aliphatic rings. The Morgan fingerprint density at radius 2 is 2.31 bits per heavy atom. The van der Waals surface area contributed by atoms with Crippen LogP contribution < -0.4 is 0 Å². The van der Waals surface area contributed by atoms with Gasteiger partial charge >= 0.3 is 5.82 Å². The van der Waals surface area contributed by atoms with Crippen LogP contribution in [0.1, 0.15) is 10.5 Å². The number of nitro groups is 1. The molecule has 0 spiro atoms. The van der Waals surface area contributed by atoms with E-state index < -0.39 is 4.92 Å². The van der Waals surface area contributed by atoms with Crippen molar-refractivity contribution in [2.24, 2.45) is 0 Å². The van der Waals surface area contributed by atoms with Gasteiger partial charge in [-0.05, 0) is 4.92 Å². The third kappa shape index (κ3) is 1.63. The first kappa shape index (κ1) is 10.6. The second-order valence-electron chi connectivity index (χ2n) is 3.38. The molecule has 1 aromatic heterocycles. The van der Waals surface area contributed by atoms with Crippen molar-refractivity contribution in [1.82, 2.24) is 14.7 Å². The van der Waals surface area contributed by atoms with Crippen molar-refractivity contribution in [3.05, 3.63) is 21.9 Å². The molecule has 0 atom stereocenters. The highest BCUT2D eigenvalue weighted by Crippen LogP contribution is 2.17. The largest absolute Gasteiger partial charge is 0.395 e. The highest BCUT2D eigenvalue weighted by atomic mass is 16.6. The van der Waals surface area contributed by atoms with Crippen LogP contribution in [0.3, 0.4) is 0 Å². The number of hydrogen-bond donors (Lipinski definition) is 1. The number of hydrogen-bond acceptors (Lipinski definition) is 5. The van der Waals surface area contributed by atoms with Gasteiger partial charge in [-0.15, -0.1) is 0 Å². The molecule has 86 valence electrons. The van der Waals surface area contributed by atoms with E-state index in [0.717, 1.165) is 6.07 Å². The maximum Gasteiger partial charge on any atom is 0.390 e. The molecule has 0 saturated heterocycles. The van der Waals surface area contributed by atoms with Crippen molar-refractivity contribution >= 4 is 11.7 Å². The first-order valence-corrected chi connectivity index (χ1v) is 4.76. The maximum atomic E-state index is 11.8. The van der Waals surface area contributed by atoms with Crippen molar-refractivity contribution in [2.45, 2.75) is 6.54 Å². The molecule has 0 fully saturated rings. The highest BCUT2D eigenvalue weighted by Gasteiger charge is 2.30. The Morgan fingerprint density at radius 3 is 2.94 bits per heavy atom. The average molecular weight is 226 g/mol. The molecule has 0 aliphatic carbocycles. The van der Waals surface area contributed by atoms with E-state index in [0.29, 0.717) is 13.1 Å². The van der Waals surface area contributed by atoms with Crippen LogP contribution in [0.2, 0.25) is 0 Å². The van der Waals surface area contributed by atoms with Crippen LogP contribution in [0, 0.1) is 10.1 Å². The van der Waals surface area contributed by atoms with Gasteiger partial charge in [-0.3, -0.25) is 4.79 Å². The first-order chi connectivity index (χ1) is 7.63. The molecule has 0 unspecified atom stereocenters. The van der Waals surface area contributed by atoms with Crippen LogP contribution in [0.15, 0.2) is 6.07 Å². The lowest BCUT2D eigenvalue weighted by Crippen LogP contribution is -2.41. The third-order valence-electron chi connectivity index (χ3n) is 2.41. The predicted octanol–water partition coefficient (Wildman–Crippen LogP) is -0.761. The molecule has 1 aliphatic heterocycles. The molecule has 8 heteroatoms. The third-order valence-corrected chi connectivity index (χ3v) is 2.41. The number of β-amino-alcohol motifs (C(OH)–C–C–N with tert-alkyl or cyclic N) is 1. The molecule has 1 N–H and O–H groups in total. The maximum absolute atomic E-state index is 11.8. The summed E-state index contributed by atoms with van der Waals surface area (Å²) >= 11 is 0. The minimum atomic E-state index is -0.630. The topological polar surface area (TPSA) is 102 Å². The lowest BCUT2D eigenvalue weighted by molar-refractivity contribution is -0.389. The molecule has 1 aromatic rings. The molecule has 2 heterocycles. The number of aliphatic hydroxyl groups excluding tert-OH is 1. The SMILES string of the molecule is O=C1c2cc([N+](=O)[O-])nn2CCN1CCO. The van der Waals surface area contributed by atoms with Gasteiger partial charge in [0.05, 0.1) is 24.3 Å². The molecule has 0 bridgehead atoms. The van der Waals surface area contributed by atoms with Crippen molar-refractivity contribution in [1.29, 1.82) is 0 Å². The second-order valence-corrected chi connectivity index (χ2v) is 3.38. The van der Waals surface area contributed by atoms with Gasteiger partial charge in [0.2, 0.25) is 0 Å². The number of carbonyl (C=O) groups is 1. The Bertz CT molecular complexity index is 441. The molecule has 2 rings (SSSR count). The summed E-state index contributed by atoms with van der Waals surface area (Å²) in [5, 5.41) is 23.0. The molecule has 0 aromatic carbocycles. The number of carbonyl (C=O) groups excluding carboxylic acids is 1. The second kappa shape index (κ2) is 3.89. The average Bonchev–Trinajstić information content (AvgIpc) is 2.67. The van der Waals surface area contributed by atoms with Gasteiger partial charge in [0, 0.05) is 13.1 Å². The standard InChI is InChI=1S/C8H10N4O4/c13-4-3-10-1-2-11-6(8(10)14)5-7(9-11)12(15)16/h5,13H,1-4H2. The summed E-state index contributed by atoms with van der Waals surface area (Å²) in [5.41, 5.74) is 0.200. The molecule has 8 nitrogen and oxygen atoms in total. The molecular weight excluding hydrogens is 216 g/mol. The molecule has 0 radical (unpaired) electrons. The Hall–Kier alpha value is -1.96. The summed E-state index contributed by atoms with van der Waals surface area (Å²) in [6.45, 7) is 0.930. The van der Waals surface area contributed by atoms with E-state index in [4.69, 9.17) is 5.11 Å². The van der Waals surface area contributed by atoms with E-state index in [1.165, 1.54) is 9.58 Å². The van der Waals surface area contributed by atoms with E-state index >= 15 is 0 Å². The first-order valence-electron chi connectivity index (χ1n) is 4.76. The van der Waals surface area contributed by atoms with E-state index in [-0.39, 0.29) is 30.6 Å². The number of fused-ring (bicyclic) bond motifs is 1. The molecule has 0 saturated carbocycles. The van der Waals surface area contributed by atoms with Crippen LogP contribution in [-0.2, 0) is 6.54 Å². The summed E-state index contributed by atoms with van der Waals surface area (Å²) < 4.78 is 1.33. The number of aliphatic hydroxyl groups is 1. The van der Waals surface area contributed by atoms with Crippen LogP contribution in [-0.4, -0.2) is 50.3 Å². The van der Waals surface area contributed by atoms with Crippen LogP contribution >= 0.6 is 0 Å². The Morgan fingerprint density at radius 1 is 1.56 bits per heavy atom. The van der Waals surface area contributed by atoms with Crippen molar-refractivity contribution in [2.75, 3.05) is 19.7 Å². The lowest BCUT2D eigenvalue weighted by Gasteiger charge is -2.24. The number of rotatable bonds is 3. The summed E-state index contributed by atoms with van der Waals surface area (Å²) in [6.07, 6.45) is 0. The summed E-state index contributed by atoms with van der Waals surface area (Å²) in [5.74, 6) is -0.657. The quantitative estimate of drug-likeness (QED) is 0.539. The van der Waals surface area contributed by atoms with Crippen molar-refractivity contribution in [3.63, 3.8) is 0 Å². The minimum absolute atomic E-state index is 0.123. The Labute approximate surface area is 90.2 Å². The lowest BCUT2D eigenvalue weighted by atomic mass is 10.3. The van der Waals surface area contributed by atoms with Crippen LogP contribution in [0.25, 0.3) is 0 Å². The fraction of sp³-hybridized carbons (Fsp3) is 0.500. The van der Waals surface area contributed by atoms with E-state index in [1.54, 1.807) is 0 Å². The van der Waals surface area contributed by atoms with E-state index in [9.17, 15) is 14.9 Å². The van der Waals surface area contributed by atoms with E-state index in [2.05, 4.69) is 5.10 Å². The molecule has 16 heavy (non-hydrogen) atoms. The zero-order chi connectivity index (χ0) is 11.7. The van der Waals surface area contributed by atoms with Gasteiger partial charge in [0.1, 0.15) is 0 Å². The zero-order valence-electron chi connectivity index (χ0n) is 8.37. The van der Waals surface area contributed by atoms with Gasteiger partial charge in [-0.1, -0.05) is 0 Å². The van der Waals surface area contributed by atoms with Gasteiger partial charge < -0.3 is 20.1 Å². The van der Waals surface area contributed by atoms with Crippen molar-refractivity contribution in [3.8, 4) is 0 Å². The smallest absolute Gasteiger partial charge is 0.390 e. The van der Waals surface area contributed by atoms with Crippen LogP contribution in [0.4, 0.5) is 5.82 Å². The zero-order valence-corrected chi connectivity index (χ0v) is 8.37. The van der Waals surface area contributed by atoms with E-state index in [1.807, 2.05) is 0 Å². The summed E-state index contributed by atoms with van der Waals surface area (Å²) in [4.78, 5) is 23.1. The minimum Gasteiger partial charge on any atom is -0.395 e. The summed E-state index contributed by atoms with van der Waals surface area (Å²) in [6, 6.07) is 1.16. The van der Waals surface area contributed by atoms with Gasteiger partial charge in [0.25, 0.3) is 5.91 Å². The van der Waals surface area contributed by atoms with Crippen molar-refractivity contribution < 1.29 is 14.8 Å². The summed E-state index contributed by atoms with van der Waals surface area (Å²) in [7, 11) is 0. The highest BCUT2D eigenvalue weighted by molar-refractivity contribution is 5.93. The monoisotopic (exact) mass is 226 g/mol. The Balaban J connectivity index is 2.30. The Kier molecular flexibility index (Phi) is 2.57. The fourth-order valence-corrected chi connectivity index (χ4v) is 1.65. The number of nitrogens with zero attached hydrogens (tertiary/aromatic N) is 4. The van der Waals surface area contributed by atoms with Gasteiger partial charge in [-0.2, -0.15) is 4.68 Å².